The van der Waals surface area contributed by atoms with Crippen LogP contribution in [0.25, 0.3) is 0 Å². The molecule has 11 nitrogen and oxygen atoms in total. The topological polar surface area (TPSA) is 148 Å². The molecule has 0 aliphatic carbocycles. The van der Waals surface area contributed by atoms with Crippen molar-refractivity contribution in [3.8, 4) is 5.75 Å². The molecule has 1 aliphatic heterocycles. The Balaban J connectivity index is 2.45. The summed E-state index contributed by atoms with van der Waals surface area (Å²) in [6.45, 7) is 8.91. The maximum atomic E-state index is 13.3. The number of ketones is 2. The minimum Gasteiger partial charge on any atom is -0.495 e. The van der Waals surface area contributed by atoms with E-state index in [1.54, 1.807) is 27.7 Å². The molecular formula is C23H29N3O8. The predicted octanol–water partition coefficient (Wildman–Crippen LogP) is 2.29. The third-order valence-corrected chi connectivity index (χ3v) is 5.06. The van der Waals surface area contributed by atoms with Crippen LogP contribution < -0.4 is 15.4 Å². The van der Waals surface area contributed by atoms with E-state index in [9.17, 15) is 28.8 Å². The number of imide groups is 1. The fourth-order valence-electron chi connectivity index (χ4n) is 3.12. The zero-order valence-electron chi connectivity index (χ0n) is 20.2. The van der Waals surface area contributed by atoms with E-state index in [0.717, 1.165) is 0 Å². The minimum atomic E-state index is -1.81. The molecule has 0 aromatic heterocycles. The van der Waals surface area contributed by atoms with E-state index in [4.69, 9.17) is 9.47 Å². The van der Waals surface area contributed by atoms with Crippen LogP contribution >= 0.6 is 0 Å². The quantitative estimate of drug-likeness (QED) is 0.430. The zero-order chi connectivity index (χ0) is 26.0. The maximum Gasteiger partial charge on any atom is 0.418 e. The molecule has 1 aromatic rings. The summed E-state index contributed by atoms with van der Waals surface area (Å²) in [5, 5.41) is 4.91. The van der Waals surface area contributed by atoms with Crippen molar-refractivity contribution in [2.24, 2.45) is 5.41 Å². The second-order valence-corrected chi connectivity index (χ2v) is 9.21. The van der Waals surface area contributed by atoms with Crippen molar-refractivity contribution < 1.29 is 38.2 Å². The van der Waals surface area contributed by atoms with E-state index in [1.807, 2.05) is 0 Å². The summed E-state index contributed by atoms with van der Waals surface area (Å²) < 4.78 is 10.3. The summed E-state index contributed by atoms with van der Waals surface area (Å²) in [4.78, 5) is 75.8. The van der Waals surface area contributed by atoms with Crippen molar-refractivity contribution in [2.45, 2.75) is 59.6 Å². The van der Waals surface area contributed by atoms with Gasteiger partial charge in [-0.3, -0.25) is 24.0 Å². The molecular weight excluding hydrogens is 446 g/mol. The summed E-state index contributed by atoms with van der Waals surface area (Å²) in [6, 6.07) is 2.40. The smallest absolute Gasteiger partial charge is 0.418 e. The fraction of sp³-hybridized carbons (Fsp3) is 0.478. The van der Waals surface area contributed by atoms with Crippen LogP contribution in [0.3, 0.4) is 0 Å². The molecule has 0 radical (unpaired) electrons. The lowest BCUT2D eigenvalue weighted by atomic mass is 9.85. The van der Waals surface area contributed by atoms with Gasteiger partial charge < -0.3 is 20.1 Å². The molecule has 0 saturated carbocycles. The highest BCUT2D eigenvalue weighted by Gasteiger charge is 2.55. The number of rotatable bonds is 8. The number of carbonyl (C=O) groups is 6. The van der Waals surface area contributed by atoms with Gasteiger partial charge >= 0.3 is 6.09 Å². The number of hydrogen-bond acceptors (Lipinski definition) is 8. The lowest BCUT2D eigenvalue weighted by molar-refractivity contribution is -0.145. The molecule has 0 spiro atoms. The van der Waals surface area contributed by atoms with Gasteiger partial charge in [-0.05, 0) is 32.0 Å². The first-order chi connectivity index (χ1) is 15.6. The molecule has 1 unspecified atom stereocenters. The van der Waals surface area contributed by atoms with Gasteiger partial charge in [0.25, 0.3) is 17.7 Å². The Morgan fingerprint density at radius 1 is 1.12 bits per heavy atom. The van der Waals surface area contributed by atoms with Gasteiger partial charge in [0.15, 0.2) is 17.4 Å². The number of amides is 4. The summed E-state index contributed by atoms with van der Waals surface area (Å²) in [7, 11) is 1.34. The molecule has 4 amide bonds. The Labute approximate surface area is 197 Å². The normalized spacial score (nSPS) is 15.9. The van der Waals surface area contributed by atoms with E-state index in [0.29, 0.717) is 4.90 Å². The number of carbonyl (C=O) groups excluding carboxylic acids is 6. The average molecular weight is 475 g/mol. The number of hydrogen-bond donors (Lipinski definition) is 2. The average Bonchev–Trinajstić information content (AvgIpc) is 2.94. The van der Waals surface area contributed by atoms with Crippen molar-refractivity contribution in [3.05, 3.63) is 18.2 Å². The van der Waals surface area contributed by atoms with Crippen molar-refractivity contribution in [2.75, 3.05) is 17.7 Å². The molecule has 1 aromatic carbocycles. The minimum absolute atomic E-state index is 0.0124. The standard InChI is InChI=1S/C23H29N3O8/c1-8-14(27)18(29)24-12-9-10-15(33-7)13(11-12)25-19(30)16(17(28)22(2,3)4)26-20(31)23(5,6)34-21(26)32/h9-11,16H,8H2,1-7H3,(H,24,29)(H,25,30). The van der Waals surface area contributed by atoms with Gasteiger partial charge in [0.05, 0.1) is 12.8 Å². The Bertz CT molecular complexity index is 1050. The van der Waals surface area contributed by atoms with Gasteiger partial charge in [-0.15, -0.1) is 0 Å². The molecule has 1 saturated heterocycles. The van der Waals surface area contributed by atoms with E-state index in [2.05, 4.69) is 10.6 Å². The summed E-state index contributed by atoms with van der Waals surface area (Å²) >= 11 is 0. The third kappa shape index (κ3) is 5.41. The lowest BCUT2D eigenvalue weighted by Gasteiger charge is -2.28. The largest absolute Gasteiger partial charge is 0.495 e. The van der Waals surface area contributed by atoms with Gasteiger partial charge in [-0.2, -0.15) is 0 Å². The molecule has 184 valence electrons. The highest BCUT2D eigenvalue weighted by atomic mass is 16.6. The SMILES string of the molecule is CCC(=O)C(=O)Nc1ccc(OC)c(NC(=O)C(C(=O)C(C)(C)C)N2C(=O)OC(C)(C)C2=O)c1. The van der Waals surface area contributed by atoms with Crippen LogP contribution in [0.4, 0.5) is 16.2 Å². The highest BCUT2D eigenvalue weighted by Crippen LogP contribution is 2.32. The van der Waals surface area contributed by atoms with Crippen molar-refractivity contribution in [1.29, 1.82) is 0 Å². The molecule has 1 fully saturated rings. The first-order valence-electron chi connectivity index (χ1n) is 10.6. The molecule has 1 atom stereocenters. The van der Waals surface area contributed by atoms with Crippen LogP contribution in [0.1, 0.15) is 48.0 Å². The van der Waals surface area contributed by atoms with Crippen LogP contribution in [0.15, 0.2) is 18.2 Å². The third-order valence-electron chi connectivity index (χ3n) is 5.06. The summed E-state index contributed by atoms with van der Waals surface area (Å²) in [5.74, 6) is -3.80. The maximum absolute atomic E-state index is 13.3. The number of cyclic esters (lactones) is 1. The molecule has 1 aliphatic rings. The zero-order valence-corrected chi connectivity index (χ0v) is 20.2. The van der Waals surface area contributed by atoms with Gasteiger partial charge in [0.2, 0.25) is 5.78 Å². The Hall–Kier alpha value is -3.76. The van der Waals surface area contributed by atoms with Crippen LogP contribution in [0.5, 0.6) is 5.75 Å². The van der Waals surface area contributed by atoms with Crippen LogP contribution in [0.2, 0.25) is 0 Å². The molecule has 34 heavy (non-hydrogen) atoms. The Morgan fingerprint density at radius 2 is 1.74 bits per heavy atom. The first kappa shape index (κ1) is 26.5. The summed E-state index contributed by atoms with van der Waals surface area (Å²) in [5.41, 5.74) is -2.41. The van der Waals surface area contributed by atoms with Crippen LogP contribution in [-0.4, -0.2) is 59.0 Å². The summed E-state index contributed by atoms with van der Waals surface area (Å²) in [6.07, 6.45) is -1.10. The van der Waals surface area contributed by atoms with E-state index >= 15 is 0 Å². The van der Waals surface area contributed by atoms with E-state index in [1.165, 1.54) is 39.2 Å². The highest BCUT2D eigenvalue weighted by molar-refractivity contribution is 6.40. The number of ether oxygens (including phenoxy) is 2. The number of Topliss-reactive ketones (excluding diaryl/α,β-unsaturated/α-hetero) is 2. The molecule has 1 heterocycles. The van der Waals surface area contributed by atoms with Crippen molar-refractivity contribution in [3.63, 3.8) is 0 Å². The lowest BCUT2D eigenvalue weighted by Crippen LogP contribution is -2.55. The number of methoxy groups -OCH3 is 1. The van der Waals surface area contributed by atoms with Crippen LogP contribution in [-0.2, 0) is 28.7 Å². The molecule has 2 rings (SSSR count). The van der Waals surface area contributed by atoms with Crippen molar-refractivity contribution in [1.82, 2.24) is 4.90 Å². The van der Waals surface area contributed by atoms with E-state index < -0.39 is 52.4 Å². The van der Waals surface area contributed by atoms with Gasteiger partial charge in [-0.1, -0.05) is 27.7 Å². The van der Waals surface area contributed by atoms with Crippen molar-refractivity contribution >= 4 is 46.8 Å². The van der Waals surface area contributed by atoms with Gasteiger partial charge in [0, 0.05) is 17.5 Å². The predicted molar refractivity (Wildman–Crippen MR) is 121 cm³/mol. The molecule has 2 N–H and O–H groups in total. The Morgan fingerprint density at radius 3 is 2.21 bits per heavy atom. The van der Waals surface area contributed by atoms with Gasteiger partial charge in [-0.25, -0.2) is 9.69 Å². The second-order valence-electron chi connectivity index (χ2n) is 9.21. The first-order valence-corrected chi connectivity index (χ1v) is 10.6. The number of nitrogens with zero attached hydrogens (tertiary/aromatic N) is 1. The number of anilines is 2. The second kappa shape index (κ2) is 9.62. The number of nitrogens with one attached hydrogen (secondary N) is 2. The van der Waals surface area contributed by atoms with E-state index in [-0.39, 0.29) is 23.5 Å². The molecule has 0 bridgehead atoms. The van der Waals surface area contributed by atoms with Crippen LogP contribution in [0, 0.1) is 5.41 Å². The molecule has 11 heteroatoms. The fourth-order valence-corrected chi connectivity index (χ4v) is 3.12. The Kier molecular flexibility index (Phi) is 7.49. The van der Waals surface area contributed by atoms with Gasteiger partial charge in [0.1, 0.15) is 5.75 Å². The monoisotopic (exact) mass is 475 g/mol. The number of benzene rings is 1.